The maximum absolute atomic E-state index is 9.35. The van der Waals surface area contributed by atoms with Gasteiger partial charge in [0, 0.05) is 17.6 Å². The summed E-state index contributed by atoms with van der Waals surface area (Å²) in [6.07, 6.45) is 5.46. The second-order valence-corrected chi connectivity index (χ2v) is 5.04. The molecule has 0 radical (unpaired) electrons. The van der Waals surface area contributed by atoms with Crippen molar-refractivity contribution in [3.63, 3.8) is 0 Å². The van der Waals surface area contributed by atoms with E-state index in [1.54, 1.807) is 11.3 Å². The maximum Gasteiger partial charge on any atom is 0.109 e. The molecule has 3 nitrogen and oxygen atoms in total. The van der Waals surface area contributed by atoms with Gasteiger partial charge < -0.3 is 5.11 Å². The number of likely N-dealkylation sites (tertiary alicyclic amines) is 1. The van der Waals surface area contributed by atoms with Crippen molar-refractivity contribution in [3.05, 3.63) is 16.6 Å². The second-order valence-electron chi connectivity index (χ2n) is 4.12. The largest absolute Gasteiger partial charge is 0.395 e. The zero-order chi connectivity index (χ0) is 10.7. The zero-order valence-electron chi connectivity index (χ0n) is 9.09. The monoisotopic (exact) mass is 226 g/mol. The van der Waals surface area contributed by atoms with E-state index in [0.717, 1.165) is 18.0 Å². The van der Waals surface area contributed by atoms with Gasteiger partial charge in [-0.2, -0.15) is 0 Å². The summed E-state index contributed by atoms with van der Waals surface area (Å²) in [7, 11) is 0. The van der Waals surface area contributed by atoms with Crippen LogP contribution in [0.15, 0.2) is 11.6 Å². The van der Waals surface area contributed by atoms with E-state index < -0.39 is 0 Å². The van der Waals surface area contributed by atoms with Gasteiger partial charge in [-0.1, -0.05) is 6.42 Å². The predicted octanol–water partition coefficient (Wildman–Crippen LogP) is 2.05. The van der Waals surface area contributed by atoms with E-state index in [4.69, 9.17) is 0 Å². The van der Waals surface area contributed by atoms with Gasteiger partial charge in [0.25, 0.3) is 0 Å². The summed E-state index contributed by atoms with van der Waals surface area (Å²) in [6.45, 7) is 3.55. The molecule has 0 saturated carbocycles. The lowest BCUT2D eigenvalue weighted by atomic mass is 10.0. The van der Waals surface area contributed by atoms with Crippen LogP contribution in [0.1, 0.15) is 37.2 Å². The Hall–Kier alpha value is -0.450. The Morgan fingerprint density at radius 2 is 2.53 bits per heavy atom. The zero-order valence-corrected chi connectivity index (χ0v) is 9.91. The van der Waals surface area contributed by atoms with Crippen molar-refractivity contribution in [2.45, 2.75) is 38.3 Å². The van der Waals surface area contributed by atoms with Crippen molar-refractivity contribution in [3.8, 4) is 0 Å². The van der Waals surface area contributed by atoms with Crippen LogP contribution < -0.4 is 0 Å². The lowest BCUT2D eigenvalue weighted by molar-refractivity contribution is 0.0587. The first kappa shape index (κ1) is 11.0. The molecule has 15 heavy (non-hydrogen) atoms. The summed E-state index contributed by atoms with van der Waals surface area (Å²) in [5.74, 6) is 0. The minimum atomic E-state index is 0.274. The van der Waals surface area contributed by atoms with E-state index in [2.05, 4.69) is 16.8 Å². The fourth-order valence-electron chi connectivity index (χ4n) is 2.31. The molecule has 1 saturated heterocycles. The third-order valence-corrected chi connectivity index (χ3v) is 4.14. The molecular weight excluding hydrogens is 208 g/mol. The normalized spacial score (nSPS) is 25.3. The summed E-state index contributed by atoms with van der Waals surface area (Å²) >= 11 is 1.70. The van der Waals surface area contributed by atoms with Crippen LogP contribution in [0.4, 0.5) is 0 Å². The molecule has 0 amide bonds. The lowest BCUT2D eigenvalue weighted by Crippen LogP contribution is -2.43. The Labute approximate surface area is 94.8 Å². The summed E-state index contributed by atoms with van der Waals surface area (Å²) < 4.78 is 0. The highest BCUT2D eigenvalue weighted by Gasteiger charge is 2.27. The molecule has 2 heterocycles. The van der Waals surface area contributed by atoms with Gasteiger partial charge in [-0.3, -0.25) is 4.90 Å². The van der Waals surface area contributed by atoms with Crippen molar-refractivity contribution in [2.24, 2.45) is 0 Å². The van der Waals surface area contributed by atoms with Gasteiger partial charge in [0.15, 0.2) is 0 Å². The van der Waals surface area contributed by atoms with Gasteiger partial charge in [0.05, 0.1) is 12.6 Å². The molecule has 84 valence electrons. The maximum atomic E-state index is 9.35. The molecule has 1 N–H and O–H groups in total. The van der Waals surface area contributed by atoms with E-state index in [0.29, 0.717) is 12.1 Å². The standard InChI is InChI=1S/C11H18N2OS/c1-9(11-12-5-7-15-11)13-6-3-2-4-10(13)8-14/h5,7,9-10,14H,2-4,6,8H2,1H3. The average Bonchev–Trinajstić information content (AvgIpc) is 2.81. The summed E-state index contributed by atoms with van der Waals surface area (Å²) in [4.78, 5) is 6.75. The second kappa shape index (κ2) is 5.05. The topological polar surface area (TPSA) is 36.4 Å². The highest BCUT2D eigenvalue weighted by Crippen LogP contribution is 2.28. The predicted molar refractivity (Wildman–Crippen MR) is 62.0 cm³/mol. The summed E-state index contributed by atoms with van der Waals surface area (Å²) in [6, 6.07) is 0.681. The van der Waals surface area contributed by atoms with Gasteiger partial charge >= 0.3 is 0 Å². The number of rotatable bonds is 3. The molecule has 2 atom stereocenters. The number of hydrogen-bond donors (Lipinski definition) is 1. The molecule has 0 aromatic carbocycles. The van der Waals surface area contributed by atoms with Crippen molar-refractivity contribution in [1.29, 1.82) is 0 Å². The van der Waals surface area contributed by atoms with Crippen LogP contribution in [0.3, 0.4) is 0 Å². The molecule has 0 spiro atoms. The first-order valence-corrected chi connectivity index (χ1v) is 6.47. The Morgan fingerprint density at radius 1 is 1.67 bits per heavy atom. The van der Waals surface area contributed by atoms with Crippen molar-refractivity contribution < 1.29 is 5.11 Å². The van der Waals surface area contributed by atoms with Gasteiger partial charge in [-0.15, -0.1) is 11.3 Å². The molecule has 1 fully saturated rings. The Bertz CT molecular complexity index is 289. The van der Waals surface area contributed by atoms with Crippen molar-refractivity contribution in [2.75, 3.05) is 13.2 Å². The highest BCUT2D eigenvalue weighted by atomic mass is 32.1. The quantitative estimate of drug-likeness (QED) is 0.857. The molecule has 0 bridgehead atoms. The number of aromatic nitrogens is 1. The van der Waals surface area contributed by atoms with E-state index >= 15 is 0 Å². The summed E-state index contributed by atoms with van der Waals surface area (Å²) in [5, 5.41) is 12.5. The number of thiazole rings is 1. The van der Waals surface area contributed by atoms with Crippen LogP contribution >= 0.6 is 11.3 Å². The fraction of sp³-hybridized carbons (Fsp3) is 0.727. The smallest absolute Gasteiger partial charge is 0.109 e. The van der Waals surface area contributed by atoms with Gasteiger partial charge in [0.2, 0.25) is 0 Å². The van der Waals surface area contributed by atoms with Crippen LogP contribution in [0.2, 0.25) is 0 Å². The number of nitrogens with zero attached hydrogens (tertiary/aromatic N) is 2. The van der Waals surface area contributed by atoms with E-state index in [-0.39, 0.29) is 6.61 Å². The molecule has 1 aromatic heterocycles. The van der Waals surface area contributed by atoms with Crippen LogP contribution in [-0.4, -0.2) is 34.2 Å². The first-order chi connectivity index (χ1) is 7.33. The van der Waals surface area contributed by atoms with E-state index in [1.165, 1.54) is 12.8 Å². The number of hydrogen-bond acceptors (Lipinski definition) is 4. The van der Waals surface area contributed by atoms with Crippen LogP contribution in [-0.2, 0) is 0 Å². The van der Waals surface area contributed by atoms with Crippen molar-refractivity contribution in [1.82, 2.24) is 9.88 Å². The molecule has 1 aromatic rings. The van der Waals surface area contributed by atoms with Gasteiger partial charge in [-0.25, -0.2) is 4.98 Å². The fourth-order valence-corrected chi connectivity index (χ4v) is 3.03. The molecular formula is C11H18N2OS. The van der Waals surface area contributed by atoms with E-state index in [1.807, 2.05) is 11.6 Å². The van der Waals surface area contributed by atoms with E-state index in [9.17, 15) is 5.11 Å². The first-order valence-electron chi connectivity index (χ1n) is 5.59. The molecule has 4 heteroatoms. The SMILES string of the molecule is CC(c1nccs1)N1CCCCC1CO. The molecule has 1 aliphatic rings. The minimum absolute atomic E-state index is 0.274. The van der Waals surface area contributed by atoms with Crippen LogP contribution in [0.25, 0.3) is 0 Å². The van der Waals surface area contributed by atoms with Crippen LogP contribution in [0, 0.1) is 0 Å². The Morgan fingerprint density at radius 3 is 3.20 bits per heavy atom. The third kappa shape index (κ3) is 2.38. The molecule has 0 aliphatic carbocycles. The minimum Gasteiger partial charge on any atom is -0.395 e. The highest BCUT2D eigenvalue weighted by molar-refractivity contribution is 7.09. The average molecular weight is 226 g/mol. The number of aliphatic hydroxyl groups is 1. The van der Waals surface area contributed by atoms with Gasteiger partial charge in [-0.05, 0) is 26.3 Å². The van der Waals surface area contributed by atoms with Gasteiger partial charge in [0.1, 0.15) is 5.01 Å². The lowest BCUT2D eigenvalue weighted by Gasteiger charge is -2.38. The Kier molecular flexibility index (Phi) is 3.72. The van der Waals surface area contributed by atoms with Crippen molar-refractivity contribution >= 4 is 11.3 Å². The number of piperidine rings is 1. The molecule has 2 rings (SSSR count). The molecule has 2 unspecified atom stereocenters. The summed E-state index contributed by atoms with van der Waals surface area (Å²) in [5.41, 5.74) is 0. The third-order valence-electron chi connectivity index (χ3n) is 3.19. The number of aliphatic hydroxyl groups excluding tert-OH is 1. The van der Waals surface area contributed by atoms with Crippen LogP contribution in [0.5, 0.6) is 0 Å². The Balaban J connectivity index is 2.07. The molecule has 1 aliphatic heterocycles.